The van der Waals surface area contributed by atoms with Crippen LogP contribution in [0.5, 0.6) is 0 Å². The standard InChI is InChI=1S/C25H37N9O2/c1-16(2)30-18-13-20(29-14-17(18)21(26)34-10-6-24(3,15-34)22(27)35)31-19-5-9-28-23(32-19)33-11-7-25(4,36)8-12-33/h5,9,13-14,16,26,36H,6-8,10-12,15H2,1-4H3,(H2,27,35)(H2,28,29,30,31,32). The van der Waals surface area contributed by atoms with Crippen molar-refractivity contribution in [2.75, 3.05) is 41.7 Å². The molecule has 2 aliphatic heterocycles. The Morgan fingerprint density at radius 3 is 2.53 bits per heavy atom. The third-order valence-corrected chi connectivity index (χ3v) is 7.01. The molecule has 0 radical (unpaired) electrons. The number of carbonyl (C=O) groups excluding carboxylic acids is 1. The van der Waals surface area contributed by atoms with Crippen molar-refractivity contribution < 1.29 is 9.90 Å². The van der Waals surface area contributed by atoms with E-state index in [1.807, 2.05) is 38.7 Å². The number of hydrogen-bond donors (Lipinski definition) is 5. The number of likely N-dealkylation sites (tertiary alicyclic amines) is 1. The van der Waals surface area contributed by atoms with Crippen LogP contribution in [0.3, 0.4) is 0 Å². The zero-order valence-electron chi connectivity index (χ0n) is 21.5. The van der Waals surface area contributed by atoms with Crippen molar-refractivity contribution in [1.82, 2.24) is 19.9 Å². The number of nitrogens with two attached hydrogens (primary N) is 1. The maximum Gasteiger partial charge on any atom is 0.227 e. The lowest BCUT2D eigenvalue weighted by molar-refractivity contribution is -0.126. The van der Waals surface area contributed by atoms with Gasteiger partial charge in [0.15, 0.2) is 0 Å². The summed E-state index contributed by atoms with van der Waals surface area (Å²) < 4.78 is 0. The zero-order chi connectivity index (χ0) is 26.1. The minimum atomic E-state index is -0.640. The third kappa shape index (κ3) is 5.67. The van der Waals surface area contributed by atoms with Crippen molar-refractivity contribution in [3.8, 4) is 0 Å². The Labute approximate surface area is 212 Å². The van der Waals surface area contributed by atoms with Crippen LogP contribution in [0.1, 0.15) is 52.5 Å². The van der Waals surface area contributed by atoms with Gasteiger partial charge in [0.25, 0.3) is 0 Å². The summed E-state index contributed by atoms with van der Waals surface area (Å²) in [6.07, 6.45) is 5.34. The van der Waals surface area contributed by atoms with Crippen LogP contribution in [0.2, 0.25) is 0 Å². The molecular formula is C25H37N9O2. The number of amides is 1. The summed E-state index contributed by atoms with van der Waals surface area (Å²) in [6, 6.07) is 3.79. The Kier molecular flexibility index (Phi) is 7.03. The first-order valence-electron chi connectivity index (χ1n) is 12.4. The van der Waals surface area contributed by atoms with Gasteiger partial charge in [-0.3, -0.25) is 10.2 Å². The number of carbonyl (C=O) groups is 1. The minimum absolute atomic E-state index is 0.142. The van der Waals surface area contributed by atoms with Crippen molar-refractivity contribution in [3.05, 3.63) is 30.1 Å². The highest BCUT2D eigenvalue weighted by Crippen LogP contribution is 2.32. The molecule has 0 spiro atoms. The van der Waals surface area contributed by atoms with E-state index < -0.39 is 11.0 Å². The van der Waals surface area contributed by atoms with Crippen molar-refractivity contribution in [1.29, 1.82) is 5.41 Å². The average Bonchev–Trinajstić information content (AvgIpc) is 3.22. The van der Waals surface area contributed by atoms with E-state index in [1.165, 1.54) is 0 Å². The van der Waals surface area contributed by atoms with Crippen LogP contribution >= 0.6 is 0 Å². The molecule has 2 saturated heterocycles. The third-order valence-electron chi connectivity index (χ3n) is 7.01. The fourth-order valence-electron chi connectivity index (χ4n) is 4.56. The van der Waals surface area contributed by atoms with Crippen molar-refractivity contribution >= 4 is 35.0 Å². The molecule has 11 heteroatoms. The molecular weight excluding hydrogens is 458 g/mol. The largest absolute Gasteiger partial charge is 0.390 e. The molecule has 6 N–H and O–H groups in total. The minimum Gasteiger partial charge on any atom is -0.390 e. The summed E-state index contributed by atoms with van der Waals surface area (Å²) in [5.41, 5.74) is 5.75. The topological polar surface area (TPSA) is 156 Å². The second-order valence-electron chi connectivity index (χ2n) is 10.7. The SMILES string of the molecule is CC(C)Nc1cc(Nc2ccnc(N3CCC(C)(O)CC3)n2)ncc1C(=N)N1CCC(C)(C(N)=O)C1. The van der Waals surface area contributed by atoms with Gasteiger partial charge in [0, 0.05) is 50.7 Å². The first kappa shape index (κ1) is 25.6. The molecule has 0 bridgehead atoms. The van der Waals surface area contributed by atoms with Gasteiger partial charge in [-0.25, -0.2) is 9.97 Å². The number of anilines is 4. The highest BCUT2D eigenvalue weighted by atomic mass is 16.3. The van der Waals surface area contributed by atoms with Gasteiger partial charge in [-0.05, 0) is 53.0 Å². The molecule has 0 aliphatic carbocycles. The van der Waals surface area contributed by atoms with Gasteiger partial charge in [0.2, 0.25) is 11.9 Å². The fraction of sp³-hybridized carbons (Fsp3) is 0.560. The Bertz CT molecular complexity index is 1130. The van der Waals surface area contributed by atoms with E-state index in [0.29, 0.717) is 74.4 Å². The van der Waals surface area contributed by atoms with Gasteiger partial charge in [0.1, 0.15) is 17.5 Å². The molecule has 11 nitrogen and oxygen atoms in total. The summed E-state index contributed by atoms with van der Waals surface area (Å²) in [4.78, 5) is 29.4. The summed E-state index contributed by atoms with van der Waals surface area (Å²) in [5.74, 6) is 1.79. The quantitative estimate of drug-likeness (QED) is 0.287. The van der Waals surface area contributed by atoms with Gasteiger partial charge >= 0.3 is 0 Å². The van der Waals surface area contributed by atoms with Gasteiger partial charge < -0.3 is 31.3 Å². The van der Waals surface area contributed by atoms with Crippen LogP contribution in [0.25, 0.3) is 0 Å². The second-order valence-corrected chi connectivity index (χ2v) is 10.7. The molecule has 2 fully saturated rings. The van der Waals surface area contributed by atoms with Gasteiger partial charge in [-0.1, -0.05) is 0 Å². The number of rotatable bonds is 7. The number of amidine groups is 1. The highest BCUT2D eigenvalue weighted by molar-refractivity contribution is 6.02. The molecule has 0 aromatic carbocycles. The molecule has 2 aromatic rings. The lowest BCUT2D eigenvalue weighted by atomic mass is 9.89. The van der Waals surface area contributed by atoms with Crippen molar-refractivity contribution in [2.45, 2.75) is 58.6 Å². The Balaban J connectivity index is 1.52. The molecule has 194 valence electrons. The highest BCUT2D eigenvalue weighted by Gasteiger charge is 2.40. The number of pyridine rings is 1. The molecule has 0 saturated carbocycles. The van der Waals surface area contributed by atoms with Crippen LogP contribution in [0.4, 0.5) is 23.3 Å². The van der Waals surface area contributed by atoms with Crippen LogP contribution in [-0.2, 0) is 4.79 Å². The number of nitrogens with zero attached hydrogens (tertiary/aromatic N) is 5. The lowest BCUT2D eigenvalue weighted by Crippen LogP contribution is -2.43. The molecule has 4 rings (SSSR count). The first-order chi connectivity index (χ1) is 17.0. The summed E-state index contributed by atoms with van der Waals surface area (Å²) in [6.45, 7) is 10.2. The molecule has 36 heavy (non-hydrogen) atoms. The number of hydrogen-bond acceptors (Lipinski definition) is 9. The first-order valence-corrected chi connectivity index (χ1v) is 12.4. The van der Waals surface area contributed by atoms with E-state index in [4.69, 9.17) is 11.1 Å². The maximum absolute atomic E-state index is 11.9. The molecule has 2 aliphatic rings. The second kappa shape index (κ2) is 9.88. The molecule has 4 heterocycles. The smallest absolute Gasteiger partial charge is 0.227 e. The van der Waals surface area contributed by atoms with E-state index in [0.717, 1.165) is 5.69 Å². The Hall–Kier alpha value is -3.47. The summed E-state index contributed by atoms with van der Waals surface area (Å²) in [7, 11) is 0. The van der Waals surface area contributed by atoms with Gasteiger partial charge in [0.05, 0.1) is 22.3 Å². The van der Waals surface area contributed by atoms with Crippen LogP contribution in [0.15, 0.2) is 24.5 Å². The fourth-order valence-corrected chi connectivity index (χ4v) is 4.56. The Morgan fingerprint density at radius 2 is 1.89 bits per heavy atom. The predicted octanol–water partition coefficient (Wildman–Crippen LogP) is 2.31. The monoisotopic (exact) mass is 495 g/mol. The average molecular weight is 496 g/mol. The van der Waals surface area contributed by atoms with Crippen molar-refractivity contribution in [2.24, 2.45) is 11.1 Å². The normalized spacial score (nSPS) is 21.5. The van der Waals surface area contributed by atoms with Gasteiger partial charge in [-0.15, -0.1) is 0 Å². The zero-order valence-corrected chi connectivity index (χ0v) is 21.5. The van der Waals surface area contributed by atoms with E-state index in [9.17, 15) is 9.90 Å². The predicted molar refractivity (Wildman–Crippen MR) is 141 cm³/mol. The van der Waals surface area contributed by atoms with Crippen LogP contribution in [-0.4, -0.2) is 74.5 Å². The number of aromatic nitrogens is 3. The van der Waals surface area contributed by atoms with Crippen LogP contribution < -0.4 is 21.3 Å². The maximum atomic E-state index is 11.9. The van der Waals surface area contributed by atoms with E-state index in [2.05, 4.69) is 30.5 Å². The number of piperidine rings is 1. The molecule has 1 amide bonds. The van der Waals surface area contributed by atoms with E-state index in [1.54, 1.807) is 18.5 Å². The van der Waals surface area contributed by atoms with E-state index in [-0.39, 0.29) is 11.9 Å². The van der Waals surface area contributed by atoms with Gasteiger partial charge in [-0.2, -0.15) is 4.98 Å². The number of primary amides is 1. The molecule has 1 atom stereocenters. The molecule has 1 unspecified atom stereocenters. The number of aliphatic hydroxyl groups is 1. The Morgan fingerprint density at radius 1 is 1.17 bits per heavy atom. The van der Waals surface area contributed by atoms with E-state index >= 15 is 0 Å². The number of nitrogens with one attached hydrogen (secondary N) is 3. The van der Waals surface area contributed by atoms with Crippen LogP contribution in [0, 0.1) is 10.8 Å². The summed E-state index contributed by atoms with van der Waals surface area (Å²) in [5, 5.41) is 25.7. The van der Waals surface area contributed by atoms with Crippen molar-refractivity contribution in [3.63, 3.8) is 0 Å². The molecule has 2 aromatic heterocycles. The summed E-state index contributed by atoms with van der Waals surface area (Å²) >= 11 is 0. The lowest BCUT2D eigenvalue weighted by Gasteiger charge is -2.35.